The Balaban J connectivity index is 3.07. The molecule has 0 aliphatic rings. The highest BCUT2D eigenvalue weighted by Gasteiger charge is 2.19. The average Bonchev–Trinajstić information content (AvgIpc) is 2.28. The van der Waals surface area contributed by atoms with E-state index in [1.165, 1.54) is 13.2 Å². The summed E-state index contributed by atoms with van der Waals surface area (Å²) in [6.07, 6.45) is 5.30. The Morgan fingerprint density at radius 2 is 2.38 bits per heavy atom. The molecule has 2 N–H and O–H groups in total. The number of Topliss-reactive ketones (excluding diaryl/α,β-unsaturated/α-hetero) is 1. The van der Waals surface area contributed by atoms with E-state index >= 15 is 0 Å². The molecule has 0 aliphatic carbocycles. The van der Waals surface area contributed by atoms with E-state index in [9.17, 15) is 4.79 Å². The van der Waals surface area contributed by atoms with E-state index in [4.69, 9.17) is 28.5 Å². The number of carbonyl (C=O) groups excluding carboxylic acids is 1. The fourth-order valence-electron chi connectivity index (χ4n) is 1.29. The fraction of sp³-hybridized carbons (Fsp3) is 0.250. The van der Waals surface area contributed by atoms with Gasteiger partial charge in [0.25, 0.3) is 0 Å². The van der Waals surface area contributed by atoms with Crippen molar-refractivity contribution in [2.24, 2.45) is 5.73 Å². The number of halogens is 1. The number of benzene rings is 1. The highest BCUT2D eigenvalue weighted by molar-refractivity contribution is 6.31. The second kappa shape index (κ2) is 5.55. The topological polar surface area (TPSA) is 52.3 Å². The first-order chi connectivity index (χ1) is 7.60. The molecule has 1 unspecified atom stereocenters. The van der Waals surface area contributed by atoms with Crippen molar-refractivity contribution in [2.45, 2.75) is 12.5 Å². The van der Waals surface area contributed by atoms with Gasteiger partial charge in [-0.1, -0.05) is 11.6 Å². The minimum Gasteiger partial charge on any atom is -0.496 e. The van der Waals surface area contributed by atoms with Crippen molar-refractivity contribution in [2.75, 3.05) is 7.11 Å². The summed E-state index contributed by atoms with van der Waals surface area (Å²) < 4.78 is 5.06. The summed E-state index contributed by atoms with van der Waals surface area (Å²) in [7, 11) is 1.48. The lowest BCUT2D eigenvalue weighted by Crippen LogP contribution is -2.30. The zero-order valence-electron chi connectivity index (χ0n) is 8.87. The molecule has 16 heavy (non-hydrogen) atoms. The van der Waals surface area contributed by atoms with Crippen LogP contribution in [0.1, 0.15) is 16.8 Å². The molecule has 0 amide bonds. The predicted octanol–water partition coefficient (Wildman–Crippen LogP) is 1.88. The number of methoxy groups -OCH3 is 1. The Kier molecular flexibility index (Phi) is 4.36. The molecule has 0 saturated heterocycles. The Morgan fingerprint density at radius 1 is 1.69 bits per heavy atom. The first-order valence-corrected chi connectivity index (χ1v) is 5.04. The molecule has 0 spiro atoms. The largest absolute Gasteiger partial charge is 0.496 e. The number of hydrogen-bond acceptors (Lipinski definition) is 3. The van der Waals surface area contributed by atoms with Crippen LogP contribution >= 0.6 is 11.6 Å². The summed E-state index contributed by atoms with van der Waals surface area (Å²) >= 11 is 5.81. The first-order valence-electron chi connectivity index (χ1n) is 4.67. The number of terminal acetylenes is 1. The SMILES string of the molecule is C#CCC(N)C(=O)c1cc(Cl)ccc1OC. The molecule has 0 aliphatic heterocycles. The van der Waals surface area contributed by atoms with E-state index in [2.05, 4.69) is 5.92 Å². The molecule has 0 heterocycles. The summed E-state index contributed by atoms with van der Waals surface area (Å²) in [5.41, 5.74) is 6.00. The van der Waals surface area contributed by atoms with Crippen LogP contribution in [0.3, 0.4) is 0 Å². The van der Waals surface area contributed by atoms with E-state index in [0.717, 1.165) is 0 Å². The second-order valence-corrected chi connectivity index (χ2v) is 3.66. The van der Waals surface area contributed by atoms with E-state index in [1.54, 1.807) is 12.1 Å². The molecule has 1 aromatic carbocycles. The maximum atomic E-state index is 11.9. The normalized spacial score (nSPS) is 11.6. The molecule has 0 aromatic heterocycles. The molecule has 0 saturated carbocycles. The molecule has 1 atom stereocenters. The van der Waals surface area contributed by atoms with Gasteiger partial charge < -0.3 is 10.5 Å². The molecule has 4 heteroatoms. The predicted molar refractivity (Wildman–Crippen MR) is 63.8 cm³/mol. The standard InChI is InChI=1S/C12H12ClNO2/c1-3-4-10(14)12(15)9-7-8(13)5-6-11(9)16-2/h1,5-7,10H,4,14H2,2H3. The van der Waals surface area contributed by atoms with Crippen molar-refractivity contribution in [1.82, 2.24) is 0 Å². The first kappa shape index (κ1) is 12.6. The lowest BCUT2D eigenvalue weighted by Gasteiger charge is -2.11. The molecule has 84 valence electrons. The minimum atomic E-state index is -0.725. The van der Waals surface area contributed by atoms with Crippen LogP contribution in [0.25, 0.3) is 0 Å². The van der Waals surface area contributed by atoms with E-state index in [-0.39, 0.29) is 12.2 Å². The number of rotatable bonds is 4. The van der Waals surface area contributed by atoms with E-state index < -0.39 is 6.04 Å². The van der Waals surface area contributed by atoms with Crippen molar-refractivity contribution < 1.29 is 9.53 Å². The molecular weight excluding hydrogens is 226 g/mol. The molecular formula is C12H12ClNO2. The molecule has 1 aromatic rings. The minimum absolute atomic E-state index is 0.189. The van der Waals surface area contributed by atoms with Crippen LogP contribution < -0.4 is 10.5 Å². The van der Waals surface area contributed by atoms with Crippen molar-refractivity contribution in [3.05, 3.63) is 28.8 Å². The summed E-state index contributed by atoms with van der Waals surface area (Å²) in [6, 6.07) is 4.07. The number of nitrogens with two attached hydrogens (primary N) is 1. The number of hydrogen-bond donors (Lipinski definition) is 1. The highest BCUT2D eigenvalue weighted by Crippen LogP contribution is 2.23. The van der Waals surface area contributed by atoms with Crippen molar-refractivity contribution in [1.29, 1.82) is 0 Å². The molecule has 0 fully saturated rings. The van der Waals surface area contributed by atoms with Crippen LogP contribution in [0.2, 0.25) is 5.02 Å². The van der Waals surface area contributed by atoms with Gasteiger partial charge >= 0.3 is 0 Å². The van der Waals surface area contributed by atoms with Gasteiger partial charge in [-0.3, -0.25) is 4.79 Å². The Labute approximate surface area is 99.5 Å². The quantitative estimate of drug-likeness (QED) is 0.643. The summed E-state index contributed by atoms with van der Waals surface area (Å²) in [6.45, 7) is 0. The van der Waals surface area contributed by atoms with Crippen LogP contribution in [-0.2, 0) is 0 Å². The van der Waals surface area contributed by atoms with Gasteiger partial charge in [0.2, 0.25) is 0 Å². The van der Waals surface area contributed by atoms with Gasteiger partial charge in [0.1, 0.15) is 5.75 Å². The van der Waals surface area contributed by atoms with Gasteiger partial charge in [0, 0.05) is 11.4 Å². The summed E-state index contributed by atoms with van der Waals surface area (Å²) in [4.78, 5) is 11.9. The van der Waals surface area contributed by atoms with Crippen LogP contribution in [0.4, 0.5) is 0 Å². The van der Waals surface area contributed by atoms with Crippen molar-refractivity contribution in [3.8, 4) is 18.1 Å². The number of carbonyl (C=O) groups is 1. The third-order valence-electron chi connectivity index (χ3n) is 2.10. The molecule has 3 nitrogen and oxygen atoms in total. The van der Waals surface area contributed by atoms with Crippen molar-refractivity contribution >= 4 is 17.4 Å². The summed E-state index contributed by atoms with van der Waals surface area (Å²) in [5.74, 6) is 2.53. The Bertz CT molecular complexity index is 437. The average molecular weight is 238 g/mol. The number of ether oxygens (including phenoxy) is 1. The molecule has 0 bridgehead atoms. The molecule has 0 radical (unpaired) electrons. The maximum absolute atomic E-state index is 11.9. The number of ketones is 1. The molecule has 1 rings (SSSR count). The van der Waals surface area contributed by atoms with Crippen LogP contribution in [-0.4, -0.2) is 18.9 Å². The van der Waals surface area contributed by atoms with Gasteiger partial charge in [0.05, 0.1) is 18.7 Å². The fourth-order valence-corrected chi connectivity index (χ4v) is 1.46. The Morgan fingerprint density at radius 3 is 2.94 bits per heavy atom. The van der Waals surface area contributed by atoms with E-state index in [1.807, 2.05) is 0 Å². The third-order valence-corrected chi connectivity index (χ3v) is 2.34. The van der Waals surface area contributed by atoms with Crippen LogP contribution in [0, 0.1) is 12.3 Å². The van der Waals surface area contributed by atoms with Gasteiger partial charge in [-0.15, -0.1) is 12.3 Å². The smallest absolute Gasteiger partial charge is 0.184 e. The lowest BCUT2D eigenvalue weighted by atomic mass is 10.0. The second-order valence-electron chi connectivity index (χ2n) is 3.22. The van der Waals surface area contributed by atoms with Gasteiger partial charge in [-0.25, -0.2) is 0 Å². The van der Waals surface area contributed by atoms with Crippen LogP contribution in [0.5, 0.6) is 5.75 Å². The van der Waals surface area contributed by atoms with Gasteiger partial charge in [0.15, 0.2) is 5.78 Å². The monoisotopic (exact) mass is 237 g/mol. The Hall–Kier alpha value is -1.50. The summed E-state index contributed by atoms with van der Waals surface area (Å²) in [5, 5.41) is 0.456. The highest BCUT2D eigenvalue weighted by atomic mass is 35.5. The zero-order valence-corrected chi connectivity index (χ0v) is 9.62. The zero-order chi connectivity index (χ0) is 12.1. The van der Waals surface area contributed by atoms with Gasteiger partial charge in [-0.2, -0.15) is 0 Å². The van der Waals surface area contributed by atoms with Crippen LogP contribution in [0.15, 0.2) is 18.2 Å². The van der Waals surface area contributed by atoms with Crippen molar-refractivity contribution in [3.63, 3.8) is 0 Å². The van der Waals surface area contributed by atoms with E-state index in [0.29, 0.717) is 16.3 Å². The third kappa shape index (κ3) is 2.75. The lowest BCUT2D eigenvalue weighted by molar-refractivity contribution is 0.0960. The van der Waals surface area contributed by atoms with Gasteiger partial charge in [-0.05, 0) is 18.2 Å². The maximum Gasteiger partial charge on any atom is 0.184 e.